The van der Waals surface area contributed by atoms with Crippen LogP contribution in [0.15, 0.2) is 0 Å². The van der Waals surface area contributed by atoms with Crippen molar-refractivity contribution in [3.05, 3.63) is 0 Å². The van der Waals surface area contributed by atoms with E-state index in [1.165, 1.54) is 14.0 Å². The number of ether oxygens (including phenoxy) is 1. The summed E-state index contributed by atoms with van der Waals surface area (Å²) in [4.78, 5) is 9.59. The van der Waals surface area contributed by atoms with E-state index in [-0.39, 0.29) is 33.3 Å². The van der Waals surface area contributed by atoms with Gasteiger partial charge in [-0.1, -0.05) is 0 Å². The summed E-state index contributed by atoms with van der Waals surface area (Å²) in [5.41, 5.74) is 0. The van der Waals surface area contributed by atoms with Crippen LogP contribution in [0.2, 0.25) is 0 Å². The molecule has 0 heterocycles. The Hall–Kier alpha value is 0.392. The van der Waals surface area contributed by atoms with Gasteiger partial charge in [0.05, 0.1) is 7.11 Å². The van der Waals surface area contributed by atoms with E-state index in [9.17, 15) is 4.79 Å². The van der Waals surface area contributed by atoms with E-state index in [1.54, 1.807) is 0 Å². The molecule has 0 amide bonds. The summed E-state index contributed by atoms with van der Waals surface area (Å²) in [6.07, 6.45) is 0. The first-order valence-corrected chi connectivity index (χ1v) is 1.32. The van der Waals surface area contributed by atoms with Crippen LogP contribution in [-0.4, -0.2) is 40.4 Å². The summed E-state index contributed by atoms with van der Waals surface area (Å²) < 4.78 is 4.11. The Bertz CT molecular complexity index is 44.1. The first kappa shape index (κ1) is 9.63. The molecule has 36 valence electrons. The van der Waals surface area contributed by atoms with Crippen LogP contribution in [0.5, 0.6) is 0 Å². The van der Waals surface area contributed by atoms with E-state index >= 15 is 0 Å². The second-order valence-electron chi connectivity index (χ2n) is 0.696. The summed E-state index contributed by atoms with van der Waals surface area (Å²) in [5, 5.41) is 0. The molecule has 0 atom stereocenters. The third-order valence-corrected chi connectivity index (χ3v) is 0.287. The standard InChI is InChI=1S/C3H6O2.Pb.2H/c1-3(4)5-2;;;/h1-2H3;;;. The van der Waals surface area contributed by atoms with Crippen molar-refractivity contribution in [1.82, 2.24) is 0 Å². The predicted octanol–water partition coefficient (Wildman–Crippen LogP) is -0.737. The summed E-state index contributed by atoms with van der Waals surface area (Å²) in [7, 11) is 1.35. The molecule has 0 saturated heterocycles. The van der Waals surface area contributed by atoms with Crippen LogP contribution in [0.1, 0.15) is 6.92 Å². The maximum absolute atomic E-state index is 9.59. The summed E-state index contributed by atoms with van der Waals surface area (Å²) in [6, 6.07) is 0. The zero-order valence-electron chi connectivity index (χ0n) is 4.02. The molecule has 0 aliphatic rings. The third kappa shape index (κ3) is 8.83. The van der Waals surface area contributed by atoms with Crippen molar-refractivity contribution < 1.29 is 9.53 Å². The van der Waals surface area contributed by atoms with Crippen molar-refractivity contribution in [3.63, 3.8) is 0 Å². The van der Waals surface area contributed by atoms with Crippen LogP contribution in [0, 0.1) is 0 Å². The van der Waals surface area contributed by atoms with Gasteiger partial charge in [0.25, 0.3) is 0 Å². The minimum absolute atomic E-state index is 0. The average molecular weight is 283 g/mol. The number of hydrogen-bond donors (Lipinski definition) is 0. The van der Waals surface area contributed by atoms with E-state index in [1.807, 2.05) is 0 Å². The first-order chi connectivity index (χ1) is 2.27. The number of carbonyl (C=O) groups is 1. The van der Waals surface area contributed by atoms with Crippen LogP contribution in [0.3, 0.4) is 0 Å². The van der Waals surface area contributed by atoms with Crippen molar-refractivity contribution in [2.75, 3.05) is 7.11 Å². The van der Waals surface area contributed by atoms with Crippen LogP contribution < -0.4 is 0 Å². The van der Waals surface area contributed by atoms with Crippen LogP contribution in [0.25, 0.3) is 0 Å². The Balaban J connectivity index is 0. The number of methoxy groups -OCH3 is 1. The van der Waals surface area contributed by atoms with Gasteiger partial charge in [0.1, 0.15) is 0 Å². The second kappa shape index (κ2) is 5.39. The van der Waals surface area contributed by atoms with Gasteiger partial charge in [-0.25, -0.2) is 0 Å². The summed E-state index contributed by atoms with van der Waals surface area (Å²) in [5.74, 6) is -0.245. The molecule has 0 N–H and O–H groups in total. The Morgan fingerprint density at radius 1 is 1.67 bits per heavy atom. The Kier molecular flexibility index (Phi) is 8.66. The van der Waals surface area contributed by atoms with Gasteiger partial charge in [-0.15, -0.1) is 0 Å². The van der Waals surface area contributed by atoms with Crippen molar-refractivity contribution in [3.8, 4) is 0 Å². The SMILES string of the molecule is COC(C)=O.[PbH2]. The van der Waals surface area contributed by atoms with E-state index in [0.29, 0.717) is 0 Å². The number of carbonyl (C=O) groups excluding carboxylic acids is 1. The molecule has 2 nitrogen and oxygen atoms in total. The van der Waals surface area contributed by atoms with Gasteiger partial charge in [0.15, 0.2) is 0 Å². The third-order valence-electron chi connectivity index (χ3n) is 0.287. The molecule has 0 bridgehead atoms. The molecule has 6 heavy (non-hydrogen) atoms. The number of hydrogen-bond acceptors (Lipinski definition) is 2. The molecule has 0 aliphatic carbocycles. The quantitative estimate of drug-likeness (QED) is 0.432. The zero-order valence-corrected chi connectivity index (χ0v) is 9.52. The van der Waals surface area contributed by atoms with Gasteiger partial charge in [-0.3, -0.25) is 4.79 Å². The molecule has 0 aromatic rings. The Morgan fingerprint density at radius 2 is 1.83 bits per heavy atom. The molecule has 0 unspecified atom stereocenters. The van der Waals surface area contributed by atoms with Gasteiger partial charge in [0, 0.05) is 6.92 Å². The van der Waals surface area contributed by atoms with Crippen molar-refractivity contribution in [2.45, 2.75) is 6.92 Å². The molecule has 0 aromatic carbocycles. The molecule has 0 saturated carbocycles. The van der Waals surface area contributed by atoms with Gasteiger partial charge in [-0.05, 0) is 0 Å². The molecule has 0 fully saturated rings. The van der Waals surface area contributed by atoms with E-state index < -0.39 is 0 Å². The van der Waals surface area contributed by atoms with Gasteiger partial charge >= 0.3 is 33.3 Å². The predicted molar refractivity (Wildman–Crippen MR) is 26.2 cm³/mol. The van der Waals surface area contributed by atoms with Gasteiger partial charge in [-0.2, -0.15) is 0 Å². The molecule has 0 aromatic heterocycles. The molecule has 0 aliphatic heterocycles. The van der Waals surface area contributed by atoms with Crippen molar-refractivity contribution in [2.24, 2.45) is 0 Å². The molecule has 0 rings (SSSR count). The van der Waals surface area contributed by atoms with Gasteiger partial charge < -0.3 is 4.74 Å². The summed E-state index contributed by atoms with van der Waals surface area (Å²) in [6.45, 7) is 1.36. The van der Waals surface area contributed by atoms with Crippen LogP contribution >= 0.6 is 0 Å². The average Bonchev–Trinajstić information content (AvgIpc) is 1.38. The normalized spacial score (nSPS) is 5.67. The molecule has 0 spiro atoms. The topological polar surface area (TPSA) is 26.3 Å². The number of esters is 1. The Labute approximate surface area is 57.0 Å². The molecule has 2 radical (unpaired) electrons. The van der Waals surface area contributed by atoms with E-state index in [2.05, 4.69) is 4.74 Å². The van der Waals surface area contributed by atoms with Crippen LogP contribution in [-0.2, 0) is 9.53 Å². The van der Waals surface area contributed by atoms with Gasteiger partial charge in [0.2, 0.25) is 0 Å². The minimum atomic E-state index is -0.245. The first-order valence-electron chi connectivity index (χ1n) is 1.32. The monoisotopic (exact) mass is 284 g/mol. The molecular formula is C3H8O2Pb. The van der Waals surface area contributed by atoms with E-state index in [0.717, 1.165) is 0 Å². The fourth-order valence-electron chi connectivity index (χ4n) is 0. The van der Waals surface area contributed by atoms with Crippen LogP contribution in [0.4, 0.5) is 0 Å². The second-order valence-corrected chi connectivity index (χ2v) is 0.696. The molecular weight excluding hydrogens is 275 g/mol. The summed E-state index contributed by atoms with van der Waals surface area (Å²) >= 11 is 0. The maximum atomic E-state index is 9.59. The van der Waals surface area contributed by atoms with Crippen molar-refractivity contribution >= 4 is 33.3 Å². The zero-order chi connectivity index (χ0) is 4.28. The van der Waals surface area contributed by atoms with E-state index in [4.69, 9.17) is 0 Å². The fraction of sp³-hybridized carbons (Fsp3) is 0.667. The van der Waals surface area contributed by atoms with Crippen molar-refractivity contribution in [1.29, 1.82) is 0 Å². The number of rotatable bonds is 0. The Morgan fingerprint density at radius 3 is 1.83 bits per heavy atom. The molecule has 3 heteroatoms. The fourth-order valence-corrected chi connectivity index (χ4v) is 0.